The summed E-state index contributed by atoms with van der Waals surface area (Å²) < 4.78 is 27.3. The summed E-state index contributed by atoms with van der Waals surface area (Å²) in [5.41, 5.74) is 9.15. The number of hydrogen-bond acceptors (Lipinski definition) is 3. The van der Waals surface area contributed by atoms with E-state index in [1.165, 1.54) is 4.31 Å². The Bertz CT molecular complexity index is 785. The minimum Gasteiger partial charge on any atom is -0.326 e. The highest BCUT2D eigenvalue weighted by molar-refractivity contribution is 7.93. The third kappa shape index (κ3) is 2.32. The smallest absolute Gasteiger partial charge is 0.264 e. The normalized spacial score (nSPS) is 14.3. The van der Waals surface area contributed by atoms with Crippen molar-refractivity contribution < 1.29 is 8.42 Å². The Balaban J connectivity index is 2.06. The maximum atomic E-state index is 12.9. The number of sulfonamides is 1. The van der Waals surface area contributed by atoms with Crippen molar-refractivity contribution in [2.75, 3.05) is 10.8 Å². The van der Waals surface area contributed by atoms with E-state index in [-0.39, 0.29) is 0 Å². The fourth-order valence-corrected chi connectivity index (χ4v) is 4.52. The first kappa shape index (κ1) is 14.1. The van der Waals surface area contributed by atoms with Crippen LogP contribution in [-0.4, -0.2) is 15.0 Å². The summed E-state index contributed by atoms with van der Waals surface area (Å²) in [6.07, 6.45) is 0.759. The van der Waals surface area contributed by atoms with Gasteiger partial charge < -0.3 is 5.73 Å². The lowest BCUT2D eigenvalue weighted by Crippen LogP contribution is -2.29. The van der Waals surface area contributed by atoms with Gasteiger partial charge in [0, 0.05) is 13.1 Å². The first-order valence-electron chi connectivity index (χ1n) is 6.94. The van der Waals surface area contributed by atoms with Crippen molar-refractivity contribution in [1.29, 1.82) is 0 Å². The van der Waals surface area contributed by atoms with Crippen LogP contribution in [0, 0.1) is 6.92 Å². The largest absolute Gasteiger partial charge is 0.326 e. The molecule has 0 aromatic heterocycles. The van der Waals surface area contributed by atoms with Gasteiger partial charge in [0.15, 0.2) is 0 Å². The van der Waals surface area contributed by atoms with Crippen LogP contribution in [0.5, 0.6) is 0 Å². The second-order valence-corrected chi connectivity index (χ2v) is 7.09. The van der Waals surface area contributed by atoms with Gasteiger partial charge in [0.25, 0.3) is 10.0 Å². The Morgan fingerprint density at radius 3 is 2.67 bits per heavy atom. The van der Waals surface area contributed by atoms with Gasteiger partial charge >= 0.3 is 0 Å². The van der Waals surface area contributed by atoms with Gasteiger partial charge in [-0.15, -0.1) is 0 Å². The molecule has 0 aliphatic carbocycles. The number of rotatable bonds is 3. The molecular formula is C16H18N2O2S. The number of hydrogen-bond donors (Lipinski definition) is 1. The summed E-state index contributed by atoms with van der Waals surface area (Å²) in [5.74, 6) is 0. The fraction of sp³-hybridized carbons (Fsp3) is 0.250. The van der Waals surface area contributed by atoms with Crippen LogP contribution in [0.2, 0.25) is 0 Å². The molecule has 0 amide bonds. The van der Waals surface area contributed by atoms with Crippen LogP contribution in [-0.2, 0) is 23.0 Å². The Labute approximate surface area is 125 Å². The molecule has 110 valence electrons. The molecule has 3 rings (SSSR count). The van der Waals surface area contributed by atoms with Crippen molar-refractivity contribution in [3.8, 4) is 0 Å². The van der Waals surface area contributed by atoms with Crippen LogP contribution in [0.3, 0.4) is 0 Å². The van der Waals surface area contributed by atoms with E-state index in [4.69, 9.17) is 5.73 Å². The van der Waals surface area contributed by atoms with Gasteiger partial charge in [0.05, 0.1) is 10.6 Å². The SMILES string of the molecule is Cc1cc(CN)ccc1S(=O)(=O)N1CCc2ccccc21. The number of aryl methyl sites for hydroxylation is 1. The predicted octanol–water partition coefficient (Wildman–Crippen LogP) is 2.21. The molecular weight excluding hydrogens is 284 g/mol. The van der Waals surface area contributed by atoms with E-state index >= 15 is 0 Å². The van der Waals surface area contributed by atoms with Crippen LogP contribution < -0.4 is 10.0 Å². The molecule has 0 atom stereocenters. The first-order chi connectivity index (χ1) is 10.0. The lowest BCUT2D eigenvalue weighted by molar-refractivity contribution is 0.591. The first-order valence-corrected chi connectivity index (χ1v) is 8.38. The molecule has 0 saturated carbocycles. The van der Waals surface area contributed by atoms with Gasteiger partial charge in [-0.1, -0.05) is 30.3 Å². The van der Waals surface area contributed by atoms with Gasteiger partial charge in [0.2, 0.25) is 0 Å². The molecule has 0 fully saturated rings. The van der Waals surface area contributed by atoms with E-state index in [1.807, 2.05) is 37.3 Å². The Hall–Kier alpha value is -1.85. The highest BCUT2D eigenvalue weighted by atomic mass is 32.2. The predicted molar refractivity (Wildman–Crippen MR) is 83.7 cm³/mol. The zero-order valence-corrected chi connectivity index (χ0v) is 12.7. The summed E-state index contributed by atoms with van der Waals surface area (Å²) in [6.45, 7) is 2.72. The van der Waals surface area contributed by atoms with E-state index in [9.17, 15) is 8.42 Å². The Kier molecular flexibility index (Phi) is 3.47. The van der Waals surface area contributed by atoms with Crippen LogP contribution in [0.15, 0.2) is 47.4 Å². The number of benzene rings is 2. The van der Waals surface area contributed by atoms with Crippen molar-refractivity contribution in [2.24, 2.45) is 5.73 Å². The molecule has 21 heavy (non-hydrogen) atoms. The van der Waals surface area contributed by atoms with E-state index in [0.29, 0.717) is 18.0 Å². The van der Waals surface area contributed by atoms with Gasteiger partial charge in [-0.25, -0.2) is 8.42 Å². The number of para-hydroxylation sites is 1. The lowest BCUT2D eigenvalue weighted by atomic mass is 10.1. The molecule has 5 heteroatoms. The number of nitrogens with zero attached hydrogens (tertiary/aromatic N) is 1. The van der Waals surface area contributed by atoms with Crippen molar-refractivity contribution in [3.05, 3.63) is 59.2 Å². The zero-order valence-electron chi connectivity index (χ0n) is 11.9. The summed E-state index contributed by atoms with van der Waals surface area (Å²) in [6, 6.07) is 12.9. The zero-order chi connectivity index (χ0) is 15.0. The third-order valence-corrected chi connectivity index (χ3v) is 5.86. The quantitative estimate of drug-likeness (QED) is 0.945. The molecule has 1 aliphatic heterocycles. The van der Waals surface area contributed by atoms with E-state index in [2.05, 4.69) is 0 Å². The second-order valence-electron chi connectivity index (χ2n) is 5.26. The minimum absolute atomic E-state index is 0.358. The number of fused-ring (bicyclic) bond motifs is 1. The molecule has 0 saturated heterocycles. The van der Waals surface area contributed by atoms with E-state index < -0.39 is 10.0 Å². The summed E-state index contributed by atoms with van der Waals surface area (Å²) >= 11 is 0. The summed E-state index contributed by atoms with van der Waals surface area (Å²) in [7, 11) is -3.52. The monoisotopic (exact) mass is 302 g/mol. The molecule has 2 aromatic carbocycles. The van der Waals surface area contributed by atoms with Crippen LogP contribution >= 0.6 is 0 Å². The van der Waals surface area contributed by atoms with E-state index in [1.54, 1.807) is 12.1 Å². The molecule has 0 unspecified atom stereocenters. The van der Waals surface area contributed by atoms with E-state index in [0.717, 1.165) is 28.8 Å². The maximum Gasteiger partial charge on any atom is 0.264 e. The minimum atomic E-state index is -3.52. The van der Waals surface area contributed by atoms with Crippen LogP contribution in [0.1, 0.15) is 16.7 Å². The molecule has 0 radical (unpaired) electrons. The van der Waals surface area contributed by atoms with Gasteiger partial charge in [-0.3, -0.25) is 4.31 Å². The molecule has 2 N–H and O–H groups in total. The molecule has 0 bridgehead atoms. The highest BCUT2D eigenvalue weighted by Crippen LogP contribution is 2.33. The highest BCUT2D eigenvalue weighted by Gasteiger charge is 2.31. The van der Waals surface area contributed by atoms with Gasteiger partial charge in [-0.2, -0.15) is 0 Å². The van der Waals surface area contributed by atoms with Gasteiger partial charge in [0.1, 0.15) is 0 Å². The second kappa shape index (κ2) is 5.16. The van der Waals surface area contributed by atoms with Crippen molar-refractivity contribution in [1.82, 2.24) is 0 Å². The summed E-state index contributed by atoms with van der Waals surface area (Å²) in [4.78, 5) is 0.358. The molecule has 1 heterocycles. The Morgan fingerprint density at radius 2 is 1.95 bits per heavy atom. The van der Waals surface area contributed by atoms with Crippen molar-refractivity contribution >= 4 is 15.7 Å². The fourth-order valence-electron chi connectivity index (χ4n) is 2.80. The average molecular weight is 302 g/mol. The third-order valence-electron chi connectivity index (χ3n) is 3.89. The average Bonchev–Trinajstić information content (AvgIpc) is 2.91. The van der Waals surface area contributed by atoms with Crippen LogP contribution in [0.4, 0.5) is 5.69 Å². The topological polar surface area (TPSA) is 63.4 Å². The van der Waals surface area contributed by atoms with Crippen LogP contribution in [0.25, 0.3) is 0 Å². The summed E-state index contributed by atoms with van der Waals surface area (Å²) in [5, 5.41) is 0. The standard InChI is InChI=1S/C16H18N2O2S/c1-12-10-13(11-17)6-7-16(12)21(19,20)18-9-8-14-4-2-3-5-15(14)18/h2-7,10H,8-9,11,17H2,1H3. The number of nitrogens with two attached hydrogens (primary N) is 1. The number of anilines is 1. The molecule has 1 aliphatic rings. The Morgan fingerprint density at radius 1 is 1.19 bits per heavy atom. The van der Waals surface area contributed by atoms with Gasteiger partial charge in [-0.05, 0) is 42.2 Å². The molecule has 0 spiro atoms. The molecule has 4 nitrogen and oxygen atoms in total. The van der Waals surface area contributed by atoms with Crippen molar-refractivity contribution in [2.45, 2.75) is 24.8 Å². The van der Waals surface area contributed by atoms with Crippen molar-refractivity contribution in [3.63, 3.8) is 0 Å². The lowest BCUT2D eigenvalue weighted by Gasteiger charge is -2.21. The maximum absolute atomic E-state index is 12.9. The molecule has 2 aromatic rings.